The molecule has 19 heavy (non-hydrogen) atoms. The van der Waals surface area contributed by atoms with E-state index in [2.05, 4.69) is 23.1 Å². The number of carbonyl (C=O) groups excluding carboxylic acids is 1. The molecule has 1 fully saturated rings. The van der Waals surface area contributed by atoms with Crippen LogP contribution in [0.5, 0.6) is 0 Å². The maximum atomic E-state index is 12.1. The summed E-state index contributed by atoms with van der Waals surface area (Å²) in [7, 11) is 0. The van der Waals surface area contributed by atoms with Crippen LogP contribution in [0.3, 0.4) is 0 Å². The highest BCUT2D eigenvalue weighted by Crippen LogP contribution is 2.17. The van der Waals surface area contributed by atoms with E-state index in [1.807, 2.05) is 30.0 Å². The number of benzene rings is 1. The number of anilines is 1. The van der Waals surface area contributed by atoms with Crippen molar-refractivity contribution in [1.82, 2.24) is 4.90 Å². The molecule has 0 aliphatic carbocycles. The van der Waals surface area contributed by atoms with Crippen molar-refractivity contribution in [3.8, 4) is 6.07 Å². The Bertz CT molecular complexity index is 458. The zero-order chi connectivity index (χ0) is 13.7. The molecule has 0 radical (unpaired) electrons. The van der Waals surface area contributed by atoms with Gasteiger partial charge in [-0.3, -0.25) is 4.79 Å². The molecule has 0 spiro atoms. The molecule has 1 saturated heterocycles. The summed E-state index contributed by atoms with van der Waals surface area (Å²) < 4.78 is 0. The normalized spacial score (nSPS) is 16.8. The third-order valence-electron chi connectivity index (χ3n) is 3.57. The van der Waals surface area contributed by atoms with Crippen molar-refractivity contribution in [2.75, 3.05) is 31.1 Å². The van der Waals surface area contributed by atoms with Crippen molar-refractivity contribution < 1.29 is 4.79 Å². The van der Waals surface area contributed by atoms with Crippen LogP contribution >= 0.6 is 0 Å². The largest absolute Gasteiger partial charge is 0.368 e. The lowest BCUT2D eigenvalue weighted by Crippen LogP contribution is -2.50. The van der Waals surface area contributed by atoms with E-state index >= 15 is 0 Å². The van der Waals surface area contributed by atoms with E-state index in [1.165, 1.54) is 5.69 Å². The SMILES string of the molecule is CCC(C#N)C(=O)N1CCN(c2ccccc2)CC1. The molecular formula is C15H19N3O. The van der Waals surface area contributed by atoms with Crippen LogP contribution in [0.4, 0.5) is 5.69 Å². The summed E-state index contributed by atoms with van der Waals surface area (Å²) in [5, 5.41) is 8.95. The monoisotopic (exact) mass is 257 g/mol. The quantitative estimate of drug-likeness (QED) is 0.830. The van der Waals surface area contributed by atoms with E-state index < -0.39 is 5.92 Å². The smallest absolute Gasteiger partial charge is 0.240 e. The highest BCUT2D eigenvalue weighted by Gasteiger charge is 2.26. The van der Waals surface area contributed by atoms with Gasteiger partial charge in [0.2, 0.25) is 5.91 Å². The van der Waals surface area contributed by atoms with Crippen LogP contribution in [0.15, 0.2) is 30.3 Å². The van der Waals surface area contributed by atoms with Crippen molar-refractivity contribution >= 4 is 11.6 Å². The Morgan fingerprint density at radius 2 is 1.89 bits per heavy atom. The van der Waals surface area contributed by atoms with Crippen molar-refractivity contribution in [2.24, 2.45) is 5.92 Å². The Balaban J connectivity index is 1.93. The van der Waals surface area contributed by atoms with Gasteiger partial charge in [-0.25, -0.2) is 0 Å². The Morgan fingerprint density at radius 3 is 2.42 bits per heavy atom. The summed E-state index contributed by atoms with van der Waals surface area (Å²) in [6.45, 7) is 4.94. The van der Waals surface area contributed by atoms with Gasteiger partial charge in [-0.2, -0.15) is 5.26 Å². The topological polar surface area (TPSA) is 47.3 Å². The molecule has 4 heteroatoms. The molecule has 1 aliphatic rings. The number of nitriles is 1. The fourth-order valence-electron chi connectivity index (χ4n) is 2.37. The average Bonchev–Trinajstić information content (AvgIpc) is 2.49. The lowest BCUT2D eigenvalue weighted by atomic mass is 10.1. The molecule has 1 amide bonds. The molecule has 0 N–H and O–H groups in total. The molecule has 1 aromatic carbocycles. The Labute approximate surface area is 114 Å². The second-order valence-electron chi connectivity index (χ2n) is 4.74. The first kappa shape index (κ1) is 13.4. The summed E-state index contributed by atoms with van der Waals surface area (Å²) in [5.74, 6) is -0.499. The third-order valence-corrected chi connectivity index (χ3v) is 3.57. The summed E-state index contributed by atoms with van der Waals surface area (Å²) >= 11 is 0. The number of rotatable bonds is 3. The Hall–Kier alpha value is -2.02. The maximum absolute atomic E-state index is 12.1. The van der Waals surface area contributed by atoms with Gasteiger partial charge in [0.15, 0.2) is 0 Å². The van der Waals surface area contributed by atoms with Crippen LogP contribution < -0.4 is 4.90 Å². The first-order valence-electron chi connectivity index (χ1n) is 6.74. The van der Waals surface area contributed by atoms with Crippen molar-refractivity contribution in [2.45, 2.75) is 13.3 Å². The molecule has 1 unspecified atom stereocenters. The van der Waals surface area contributed by atoms with Crippen LogP contribution in [-0.2, 0) is 4.79 Å². The molecule has 1 aliphatic heterocycles. The van der Waals surface area contributed by atoms with E-state index in [-0.39, 0.29) is 5.91 Å². The predicted molar refractivity (Wildman–Crippen MR) is 74.6 cm³/mol. The van der Waals surface area contributed by atoms with Crippen LogP contribution in [0.1, 0.15) is 13.3 Å². The number of para-hydroxylation sites is 1. The number of hydrogen-bond acceptors (Lipinski definition) is 3. The van der Waals surface area contributed by atoms with E-state index in [4.69, 9.17) is 5.26 Å². The molecular weight excluding hydrogens is 238 g/mol. The predicted octanol–water partition coefficient (Wildman–Crippen LogP) is 1.88. The second kappa shape index (κ2) is 6.24. The molecule has 2 rings (SSSR count). The summed E-state index contributed by atoms with van der Waals surface area (Å²) in [6, 6.07) is 12.3. The molecule has 100 valence electrons. The molecule has 1 aromatic rings. The minimum atomic E-state index is -0.483. The number of piperazine rings is 1. The minimum Gasteiger partial charge on any atom is -0.368 e. The fraction of sp³-hybridized carbons (Fsp3) is 0.467. The minimum absolute atomic E-state index is 0.0160. The number of carbonyl (C=O) groups is 1. The van der Waals surface area contributed by atoms with Gasteiger partial charge in [-0.15, -0.1) is 0 Å². The van der Waals surface area contributed by atoms with E-state index in [9.17, 15) is 4.79 Å². The first-order valence-corrected chi connectivity index (χ1v) is 6.74. The van der Waals surface area contributed by atoms with Gasteiger partial charge < -0.3 is 9.80 Å². The van der Waals surface area contributed by atoms with Crippen molar-refractivity contribution in [3.05, 3.63) is 30.3 Å². The lowest BCUT2D eigenvalue weighted by molar-refractivity contribution is -0.134. The van der Waals surface area contributed by atoms with Gasteiger partial charge in [0.25, 0.3) is 0 Å². The van der Waals surface area contributed by atoms with Crippen molar-refractivity contribution in [3.63, 3.8) is 0 Å². The van der Waals surface area contributed by atoms with Crippen LogP contribution in [0, 0.1) is 17.2 Å². The summed E-state index contributed by atoms with van der Waals surface area (Å²) in [4.78, 5) is 16.2. The van der Waals surface area contributed by atoms with Gasteiger partial charge in [-0.1, -0.05) is 25.1 Å². The van der Waals surface area contributed by atoms with Crippen LogP contribution in [-0.4, -0.2) is 37.0 Å². The molecule has 4 nitrogen and oxygen atoms in total. The van der Waals surface area contributed by atoms with Gasteiger partial charge >= 0.3 is 0 Å². The average molecular weight is 257 g/mol. The molecule has 0 saturated carbocycles. The number of amides is 1. The van der Waals surface area contributed by atoms with E-state index in [1.54, 1.807) is 0 Å². The standard InChI is InChI=1S/C15H19N3O/c1-2-13(12-16)15(19)18-10-8-17(9-11-18)14-6-4-3-5-7-14/h3-7,13H,2,8-11H2,1H3. The van der Waals surface area contributed by atoms with Crippen LogP contribution in [0.25, 0.3) is 0 Å². The van der Waals surface area contributed by atoms with Crippen LogP contribution in [0.2, 0.25) is 0 Å². The molecule has 0 bridgehead atoms. The van der Waals surface area contributed by atoms with Crippen molar-refractivity contribution in [1.29, 1.82) is 5.26 Å². The highest BCUT2D eigenvalue weighted by molar-refractivity contribution is 5.81. The third kappa shape index (κ3) is 3.05. The second-order valence-corrected chi connectivity index (χ2v) is 4.74. The Morgan fingerprint density at radius 1 is 1.26 bits per heavy atom. The molecule has 1 heterocycles. The fourth-order valence-corrected chi connectivity index (χ4v) is 2.37. The first-order chi connectivity index (χ1) is 9.26. The van der Waals surface area contributed by atoms with Gasteiger partial charge in [0, 0.05) is 31.9 Å². The van der Waals surface area contributed by atoms with E-state index in [0.29, 0.717) is 19.5 Å². The highest BCUT2D eigenvalue weighted by atomic mass is 16.2. The Kier molecular flexibility index (Phi) is 4.40. The summed E-state index contributed by atoms with van der Waals surface area (Å²) in [5.41, 5.74) is 1.20. The van der Waals surface area contributed by atoms with Gasteiger partial charge in [0.1, 0.15) is 5.92 Å². The van der Waals surface area contributed by atoms with E-state index in [0.717, 1.165) is 13.1 Å². The maximum Gasteiger partial charge on any atom is 0.240 e. The summed E-state index contributed by atoms with van der Waals surface area (Å²) in [6.07, 6.45) is 0.592. The molecule has 1 atom stereocenters. The zero-order valence-electron chi connectivity index (χ0n) is 11.2. The van der Waals surface area contributed by atoms with Gasteiger partial charge in [0.05, 0.1) is 6.07 Å². The molecule has 0 aromatic heterocycles. The van der Waals surface area contributed by atoms with Gasteiger partial charge in [-0.05, 0) is 18.6 Å². The number of nitrogens with zero attached hydrogens (tertiary/aromatic N) is 3. The lowest BCUT2D eigenvalue weighted by Gasteiger charge is -2.36. The number of hydrogen-bond donors (Lipinski definition) is 0. The zero-order valence-corrected chi connectivity index (χ0v) is 11.2.